The molecule has 178 valence electrons. The number of nitrogens with zero attached hydrogens (tertiary/aromatic N) is 3. The third kappa shape index (κ3) is 4.52. The highest BCUT2D eigenvalue weighted by Gasteiger charge is 2.30. The number of hydrogen-bond donors (Lipinski definition) is 2. The molecule has 4 aromatic rings. The van der Waals surface area contributed by atoms with E-state index in [4.69, 9.17) is 4.74 Å². The Hall–Kier alpha value is -4.04. The zero-order chi connectivity index (χ0) is 24.4. The number of H-pyrrole nitrogens is 1. The Labute approximate surface area is 203 Å². The van der Waals surface area contributed by atoms with Gasteiger partial charge in [-0.15, -0.1) is 0 Å². The number of aromatic amines is 1. The highest BCUT2D eigenvalue weighted by atomic mass is 16.5. The van der Waals surface area contributed by atoms with E-state index in [0.717, 1.165) is 39.0 Å². The van der Waals surface area contributed by atoms with Crippen molar-refractivity contribution in [3.63, 3.8) is 0 Å². The minimum absolute atomic E-state index is 0.0611. The molecule has 2 aromatic heterocycles. The zero-order valence-corrected chi connectivity index (χ0v) is 19.7. The van der Waals surface area contributed by atoms with Crippen LogP contribution in [0.2, 0.25) is 0 Å². The van der Waals surface area contributed by atoms with E-state index in [0.29, 0.717) is 31.6 Å². The molecule has 8 nitrogen and oxygen atoms in total. The fourth-order valence-electron chi connectivity index (χ4n) is 4.67. The second-order valence-electron chi connectivity index (χ2n) is 8.68. The number of imidazole rings is 1. The Kier molecular flexibility index (Phi) is 6.29. The Morgan fingerprint density at radius 2 is 2.00 bits per heavy atom. The van der Waals surface area contributed by atoms with Gasteiger partial charge in [-0.3, -0.25) is 14.6 Å². The third-order valence-electron chi connectivity index (χ3n) is 6.58. The molecule has 3 heterocycles. The molecule has 2 N–H and O–H groups in total. The van der Waals surface area contributed by atoms with Crippen molar-refractivity contribution in [2.24, 2.45) is 0 Å². The number of rotatable bonds is 6. The van der Waals surface area contributed by atoms with Crippen LogP contribution in [-0.4, -0.2) is 45.3 Å². The summed E-state index contributed by atoms with van der Waals surface area (Å²) in [4.78, 5) is 39.7. The van der Waals surface area contributed by atoms with Crippen LogP contribution < -0.4 is 5.32 Å². The van der Waals surface area contributed by atoms with Gasteiger partial charge in [0.2, 0.25) is 0 Å². The smallest absolute Gasteiger partial charge is 0.256 e. The van der Waals surface area contributed by atoms with Gasteiger partial charge in [0.15, 0.2) is 6.10 Å². The second kappa shape index (κ2) is 9.68. The van der Waals surface area contributed by atoms with Crippen LogP contribution in [0, 0.1) is 6.92 Å². The number of nitrogens with one attached hydrogen (secondary N) is 2. The van der Waals surface area contributed by atoms with Gasteiger partial charge in [0.1, 0.15) is 0 Å². The minimum atomic E-state index is -0.637. The normalized spacial score (nSPS) is 13.9. The molecular weight excluding hydrogens is 442 g/mol. The molecule has 2 amide bonds. The molecular formula is C27H27N5O3. The first-order valence-corrected chi connectivity index (χ1v) is 11.6. The van der Waals surface area contributed by atoms with Crippen LogP contribution in [0.1, 0.15) is 44.4 Å². The molecule has 2 aromatic carbocycles. The van der Waals surface area contributed by atoms with Gasteiger partial charge < -0.3 is 19.9 Å². The molecule has 0 aliphatic carbocycles. The second-order valence-corrected chi connectivity index (χ2v) is 8.68. The number of aryl methyl sites for hydroxylation is 1. The van der Waals surface area contributed by atoms with Crippen molar-refractivity contribution in [2.45, 2.75) is 32.5 Å². The number of benzene rings is 2. The average molecular weight is 470 g/mol. The number of fused-ring (bicyclic) bond motifs is 2. The molecule has 35 heavy (non-hydrogen) atoms. The summed E-state index contributed by atoms with van der Waals surface area (Å²) in [6.45, 7) is 3.37. The lowest BCUT2D eigenvalue weighted by atomic mass is 9.94. The predicted octanol–water partition coefficient (Wildman–Crippen LogP) is 3.47. The molecule has 0 saturated carbocycles. The van der Waals surface area contributed by atoms with E-state index in [2.05, 4.69) is 20.3 Å². The van der Waals surface area contributed by atoms with Crippen LogP contribution in [0.4, 0.5) is 0 Å². The number of carbonyl (C=O) groups is 2. The van der Waals surface area contributed by atoms with Gasteiger partial charge in [-0.05, 0) is 53.8 Å². The molecule has 0 radical (unpaired) electrons. The first-order valence-electron chi connectivity index (χ1n) is 11.6. The number of carbonyl (C=O) groups excluding carboxylic acids is 2. The highest BCUT2D eigenvalue weighted by Crippen LogP contribution is 2.27. The summed E-state index contributed by atoms with van der Waals surface area (Å²) in [6, 6.07) is 14.9. The topological polar surface area (TPSA) is 100 Å². The monoisotopic (exact) mass is 469 g/mol. The van der Waals surface area contributed by atoms with Gasteiger partial charge in [-0.1, -0.05) is 30.3 Å². The maximum Gasteiger partial charge on any atom is 0.256 e. The standard InChI is InChI=1S/C27H27N5O3/c1-17-22(14-29-26(33)19-8-9-23-24(12-19)31-16-30-23)21-10-11-32(15-20(21)13-28-17)27(34)25(35-2)18-6-4-3-5-7-18/h3-9,12-13,16,25H,10-11,14-15H2,1-2H3,(H,29,33)(H,30,31)/t25-/m1/s1. The van der Waals surface area contributed by atoms with Crippen LogP contribution in [0.15, 0.2) is 61.1 Å². The van der Waals surface area contributed by atoms with Gasteiger partial charge in [0.05, 0.1) is 17.4 Å². The van der Waals surface area contributed by atoms with Crippen molar-refractivity contribution in [3.8, 4) is 0 Å². The quantitative estimate of drug-likeness (QED) is 0.450. The van der Waals surface area contributed by atoms with Crippen molar-refractivity contribution in [3.05, 3.63) is 94.6 Å². The van der Waals surface area contributed by atoms with Crippen molar-refractivity contribution in [1.82, 2.24) is 25.2 Å². The van der Waals surface area contributed by atoms with Crippen molar-refractivity contribution in [2.75, 3.05) is 13.7 Å². The highest BCUT2D eigenvalue weighted by molar-refractivity contribution is 5.97. The zero-order valence-electron chi connectivity index (χ0n) is 19.7. The number of ether oxygens (including phenoxy) is 1. The average Bonchev–Trinajstić information content (AvgIpc) is 3.37. The Morgan fingerprint density at radius 3 is 2.80 bits per heavy atom. The maximum atomic E-state index is 13.3. The number of amides is 2. The van der Waals surface area contributed by atoms with Gasteiger partial charge in [0.25, 0.3) is 11.8 Å². The lowest BCUT2D eigenvalue weighted by molar-refractivity contribution is -0.143. The van der Waals surface area contributed by atoms with Crippen LogP contribution in [0.3, 0.4) is 0 Å². The largest absolute Gasteiger partial charge is 0.367 e. The predicted molar refractivity (Wildman–Crippen MR) is 132 cm³/mol. The fraction of sp³-hybridized carbons (Fsp3) is 0.259. The van der Waals surface area contributed by atoms with Crippen molar-refractivity contribution >= 4 is 22.8 Å². The van der Waals surface area contributed by atoms with Gasteiger partial charge in [-0.2, -0.15) is 0 Å². The van der Waals surface area contributed by atoms with Crippen LogP contribution in [-0.2, 0) is 29.0 Å². The summed E-state index contributed by atoms with van der Waals surface area (Å²) in [6.07, 6.45) is 3.51. The Bertz CT molecular complexity index is 1380. The fourth-order valence-corrected chi connectivity index (χ4v) is 4.67. The number of aromatic nitrogens is 3. The SMILES string of the molecule is CO[C@@H](C(=O)N1CCc2c(cnc(C)c2CNC(=O)c2ccc3nc[nH]c3c2)C1)c1ccccc1. The molecule has 0 unspecified atom stereocenters. The van der Waals surface area contributed by atoms with Crippen molar-refractivity contribution in [1.29, 1.82) is 0 Å². The molecule has 1 atom stereocenters. The Balaban J connectivity index is 1.31. The van der Waals surface area contributed by atoms with Crippen LogP contribution >= 0.6 is 0 Å². The minimum Gasteiger partial charge on any atom is -0.367 e. The van der Waals surface area contributed by atoms with Gasteiger partial charge in [0, 0.05) is 44.2 Å². The summed E-state index contributed by atoms with van der Waals surface area (Å²) < 4.78 is 5.55. The van der Waals surface area contributed by atoms with E-state index in [9.17, 15) is 9.59 Å². The summed E-state index contributed by atoms with van der Waals surface area (Å²) in [5.41, 5.74) is 7.10. The van der Waals surface area contributed by atoms with E-state index in [1.807, 2.05) is 54.4 Å². The van der Waals surface area contributed by atoms with Crippen molar-refractivity contribution < 1.29 is 14.3 Å². The lowest BCUT2D eigenvalue weighted by Crippen LogP contribution is -2.40. The molecule has 0 bridgehead atoms. The summed E-state index contributed by atoms with van der Waals surface area (Å²) in [7, 11) is 1.56. The molecule has 0 fully saturated rings. The molecule has 0 saturated heterocycles. The first kappa shape index (κ1) is 22.7. The van der Waals surface area contributed by atoms with Crippen LogP contribution in [0.5, 0.6) is 0 Å². The van der Waals surface area contributed by atoms with E-state index < -0.39 is 6.10 Å². The maximum absolute atomic E-state index is 13.3. The van der Waals surface area contributed by atoms with E-state index in [1.165, 1.54) is 0 Å². The molecule has 1 aliphatic rings. The number of methoxy groups -OCH3 is 1. The number of pyridine rings is 1. The Morgan fingerprint density at radius 1 is 1.17 bits per heavy atom. The summed E-state index contributed by atoms with van der Waals surface area (Å²) in [5, 5.41) is 3.03. The number of hydrogen-bond acceptors (Lipinski definition) is 5. The summed E-state index contributed by atoms with van der Waals surface area (Å²) >= 11 is 0. The third-order valence-corrected chi connectivity index (χ3v) is 6.58. The lowest BCUT2D eigenvalue weighted by Gasteiger charge is -2.32. The summed E-state index contributed by atoms with van der Waals surface area (Å²) in [5.74, 6) is -0.217. The van der Waals surface area contributed by atoms with Crippen LogP contribution in [0.25, 0.3) is 11.0 Å². The molecule has 8 heteroatoms. The molecule has 0 spiro atoms. The van der Waals surface area contributed by atoms with E-state index >= 15 is 0 Å². The molecule has 5 rings (SSSR count). The molecule has 1 aliphatic heterocycles. The van der Waals surface area contributed by atoms with E-state index in [1.54, 1.807) is 25.6 Å². The van der Waals surface area contributed by atoms with E-state index in [-0.39, 0.29) is 11.8 Å². The first-order chi connectivity index (χ1) is 17.0. The van der Waals surface area contributed by atoms with Gasteiger partial charge >= 0.3 is 0 Å². The van der Waals surface area contributed by atoms with Gasteiger partial charge in [-0.25, -0.2) is 4.98 Å².